The summed E-state index contributed by atoms with van der Waals surface area (Å²) in [5.41, 5.74) is 5.60. The maximum absolute atomic E-state index is 11.5. The van der Waals surface area contributed by atoms with Crippen LogP contribution in [0.25, 0.3) is 0 Å². The Morgan fingerprint density at radius 1 is 1.47 bits per heavy atom. The van der Waals surface area contributed by atoms with E-state index in [0.29, 0.717) is 12.3 Å². The predicted octanol–water partition coefficient (Wildman–Crippen LogP) is 1.28. The quantitative estimate of drug-likeness (QED) is 0.649. The van der Waals surface area contributed by atoms with Crippen molar-refractivity contribution in [3.63, 3.8) is 0 Å². The number of amides is 1. The second kappa shape index (κ2) is 7.30. The number of nitrogens with one attached hydrogen (secondary N) is 1. The molecule has 0 fully saturated rings. The molecule has 2 unspecified atom stereocenters. The number of carbonyl (C=O) groups excluding carboxylic acids is 1. The van der Waals surface area contributed by atoms with Crippen LogP contribution in [0, 0.1) is 18.3 Å². The molecule has 0 saturated heterocycles. The Kier molecular flexibility index (Phi) is 6.81. The summed E-state index contributed by atoms with van der Waals surface area (Å²) in [6.45, 7) is 6.26. The Labute approximate surface area is 92.8 Å². The third-order valence-electron chi connectivity index (χ3n) is 2.80. The fourth-order valence-corrected chi connectivity index (χ4v) is 1.66. The zero-order valence-electron chi connectivity index (χ0n) is 9.92. The highest BCUT2D eigenvalue weighted by atomic mass is 16.2. The predicted molar refractivity (Wildman–Crippen MR) is 63.1 cm³/mol. The van der Waals surface area contributed by atoms with Gasteiger partial charge in [0.2, 0.25) is 5.91 Å². The topological polar surface area (TPSA) is 55.1 Å². The third-order valence-corrected chi connectivity index (χ3v) is 2.80. The maximum atomic E-state index is 11.5. The molecule has 86 valence electrons. The van der Waals surface area contributed by atoms with Gasteiger partial charge >= 0.3 is 0 Å². The summed E-state index contributed by atoms with van der Waals surface area (Å²) in [5.74, 6) is 2.75. The fourth-order valence-electron chi connectivity index (χ4n) is 1.66. The molecule has 1 amide bonds. The standard InChI is InChI=1S/C12H22N2O/c1-5-8-11(13)12(15)14-9(4)10(6-2)7-3/h1,9-11H,6-8,13H2,2-4H3,(H,14,15). The molecule has 3 heteroatoms. The molecule has 0 aliphatic rings. The molecule has 15 heavy (non-hydrogen) atoms. The lowest BCUT2D eigenvalue weighted by Crippen LogP contribution is -2.46. The lowest BCUT2D eigenvalue weighted by Gasteiger charge is -2.23. The van der Waals surface area contributed by atoms with E-state index in [4.69, 9.17) is 12.2 Å². The Balaban J connectivity index is 4.11. The summed E-state index contributed by atoms with van der Waals surface area (Å²) < 4.78 is 0. The average molecular weight is 210 g/mol. The van der Waals surface area contributed by atoms with Gasteiger partial charge in [0, 0.05) is 12.5 Å². The molecule has 0 aromatic heterocycles. The number of hydrogen-bond donors (Lipinski definition) is 2. The minimum Gasteiger partial charge on any atom is -0.352 e. The van der Waals surface area contributed by atoms with Crippen molar-refractivity contribution in [3.8, 4) is 12.3 Å². The second-order valence-corrected chi connectivity index (χ2v) is 3.89. The summed E-state index contributed by atoms with van der Waals surface area (Å²) in [5, 5.41) is 2.91. The number of carbonyl (C=O) groups is 1. The number of nitrogens with two attached hydrogens (primary N) is 1. The normalized spacial score (nSPS) is 14.4. The van der Waals surface area contributed by atoms with Gasteiger partial charge in [0.05, 0.1) is 6.04 Å². The van der Waals surface area contributed by atoms with Gasteiger partial charge in [-0.3, -0.25) is 4.79 Å². The molecule has 0 heterocycles. The molecule has 3 N–H and O–H groups in total. The van der Waals surface area contributed by atoms with E-state index < -0.39 is 6.04 Å². The van der Waals surface area contributed by atoms with Gasteiger partial charge in [-0.25, -0.2) is 0 Å². The monoisotopic (exact) mass is 210 g/mol. The number of terminal acetylenes is 1. The van der Waals surface area contributed by atoms with E-state index in [-0.39, 0.29) is 11.9 Å². The first kappa shape index (κ1) is 14.0. The zero-order chi connectivity index (χ0) is 11.8. The van der Waals surface area contributed by atoms with Crippen LogP contribution in [0.2, 0.25) is 0 Å². The SMILES string of the molecule is C#CCC(N)C(=O)NC(C)C(CC)CC. The number of rotatable bonds is 6. The third kappa shape index (κ3) is 4.85. The molecular weight excluding hydrogens is 188 g/mol. The van der Waals surface area contributed by atoms with Crippen LogP contribution in [0.15, 0.2) is 0 Å². The molecule has 0 spiro atoms. The first-order valence-corrected chi connectivity index (χ1v) is 5.56. The Morgan fingerprint density at radius 3 is 2.40 bits per heavy atom. The first-order chi connectivity index (χ1) is 7.06. The summed E-state index contributed by atoms with van der Waals surface area (Å²) in [6.07, 6.45) is 7.51. The van der Waals surface area contributed by atoms with Crippen molar-refractivity contribution in [2.24, 2.45) is 11.7 Å². The minimum absolute atomic E-state index is 0.146. The van der Waals surface area contributed by atoms with Gasteiger partial charge in [0.15, 0.2) is 0 Å². The Hall–Kier alpha value is -1.01. The molecular formula is C12H22N2O. The van der Waals surface area contributed by atoms with Crippen LogP contribution in [-0.4, -0.2) is 18.0 Å². The molecule has 0 saturated carbocycles. The van der Waals surface area contributed by atoms with Gasteiger partial charge in [0.1, 0.15) is 0 Å². The van der Waals surface area contributed by atoms with E-state index in [0.717, 1.165) is 12.8 Å². The van der Waals surface area contributed by atoms with Crippen molar-refractivity contribution in [1.29, 1.82) is 0 Å². The highest BCUT2D eigenvalue weighted by Gasteiger charge is 2.19. The van der Waals surface area contributed by atoms with Crippen molar-refractivity contribution in [1.82, 2.24) is 5.32 Å². The molecule has 0 aliphatic heterocycles. The Morgan fingerprint density at radius 2 is 2.00 bits per heavy atom. The van der Waals surface area contributed by atoms with Crippen LogP contribution in [0.4, 0.5) is 0 Å². The van der Waals surface area contributed by atoms with E-state index in [1.807, 2.05) is 6.92 Å². The fraction of sp³-hybridized carbons (Fsp3) is 0.750. The summed E-state index contributed by atoms with van der Waals surface area (Å²) in [4.78, 5) is 11.5. The lowest BCUT2D eigenvalue weighted by atomic mass is 9.95. The molecule has 2 atom stereocenters. The molecule has 3 nitrogen and oxygen atoms in total. The summed E-state index contributed by atoms with van der Waals surface area (Å²) >= 11 is 0. The zero-order valence-corrected chi connectivity index (χ0v) is 9.92. The van der Waals surface area contributed by atoms with E-state index in [1.165, 1.54) is 0 Å². The largest absolute Gasteiger partial charge is 0.352 e. The Bertz CT molecular complexity index is 228. The van der Waals surface area contributed by atoms with Crippen molar-refractivity contribution in [2.75, 3.05) is 0 Å². The highest BCUT2D eigenvalue weighted by Crippen LogP contribution is 2.12. The summed E-state index contributed by atoms with van der Waals surface area (Å²) in [7, 11) is 0. The second-order valence-electron chi connectivity index (χ2n) is 3.89. The van der Waals surface area contributed by atoms with Crippen molar-refractivity contribution >= 4 is 5.91 Å². The molecule has 0 radical (unpaired) electrons. The van der Waals surface area contributed by atoms with E-state index >= 15 is 0 Å². The van der Waals surface area contributed by atoms with E-state index in [2.05, 4.69) is 25.1 Å². The molecule has 0 aromatic rings. The summed E-state index contributed by atoms with van der Waals surface area (Å²) in [6, 6.07) is -0.414. The minimum atomic E-state index is -0.577. The molecule has 0 aromatic carbocycles. The highest BCUT2D eigenvalue weighted by molar-refractivity contribution is 5.82. The van der Waals surface area contributed by atoms with Crippen molar-refractivity contribution in [3.05, 3.63) is 0 Å². The lowest BCUT2D eigenvalue weighted by molar-refractivity contribution is -0.123. The van der Waals surface area contributed by atoms with Crippen LogP contribution >= 0.6 is 0 Å². The smallest absolute Gasteiger partial charge is 0.238 e. The van der Waals surface area contributed by atoms with Gasteiger partial charge in [-0.05, 0) is 12.8 Å². The van der Waals surface area contributed by atoms with Gasteiger partial charge in [0.25, 0.3) is 0 Å². The van der Waals surface area contributed by atoms with Gasteiger partial charge < -0.3 is 11.1 Å². The van der Waals surface area contributed by atoms with Crippen molar-refractivity contribution < 1.29 is 4.79 Å². The van der Waals surface area contributed by atoms with Crippen LogP contribution < -0.4 is 11.1 Å². The van der Waals surface area contributed by atoms with Gasteiger partial charge in [-0.2, -0.15) is 0 Å². The average Bonchev–Trinajstić information content (AvgIpc) is 2.19. The van der Waals surface area contributed by atoms with Crippen LogP contribution in [-0.2, 0) is 4.79 Å². The molecule has 0 bridgehead atoms. The van der Waals surface area contributed by atoms with Crippen LogP contribution in [0.1, 0.15) is 40.0 Å². The van der Waals surface area contributed by atoms with Gasteiger partial charge in [-0.15, -0.1) is 12.3 Å². The molecule has 0 rings (SSSR count). The van der Waals surface area contributed by atoms with Gasteiger partial charge in [-0.1, -0.05) is 26.7 Å². The van der Waals surface area contributed by atoms with Crippen molar-refractivity contribution in [2.45, 2.75) is 52.1 Å². The number of hydrogen-bond acceptors (Lipinski definition) is 2. The van der Waals surface area contributed by atoms with E-state index in [1.54, 1.807) is 0 Å². The van der Waals surface area contributed by atoms with Crippen LogP contribution in [0.3, 0.4) is 0 Å². The first-order valence-electron chi connectivity index (χ1n) is 5.56. The van der Waals surface area contributed by atoms with E-state index in [9.17, 15) is 4.79 Å². The van der Waals surface area contributed by atoms with Crippen LogP contribution in [0.5, 0.6) is 0 Å². The maximum Gasteiger partial charge on any atom is 0.238 e. The molecule has 0 aliphatic carbocycles.